The van der Waals surface area contributed by atoms with E-state index in [1.807, 2.05) is 6.08 Å². The van der Waals surface area contributed by atoms with Crippen LogP contribution in [-0.2, 0) is 4.74 Å². The lowest BCUT2D eigenvalue weighted by Crippen LogP contribution is -2.39. The number of hydrogen-bond acceptors (Lipinski definition) is 5. The summed E-state index contributed by atoms with van der Waals surface area (Å²) in [5.41, 5.74) is 0.849. The van der Waals surface area contributed by atoms with Crippen LogP contribution >= 0.6 is 0 Å². The Morgan fingerprint density at radius 2 is 1.60 bits per heavy atom. The van der Waals surface area contributed by atoms with Gasteiger partial charge in [-0.15, -0.1) is 0 Å². The minimum absolute atomic E-state index is 0.0677. The summed E-state index contributed by atoms with van der Waals surface area (Å²) in [5, 5.41) is 10.7. The van der Waals surface area contributed by atoms with Gasteiger partial charge in [0.2, 0.25) is 0 Å². The van der Waals surface area contributed by atoms with E-state index in [1.54, 1.807) is 30.3 Å². The highest BCUT2D eigenvalue weighted by atomic mass is 16.5. The molecule has 0 spiro atoms. The standard InChI is InChI=1S/C25H31NO4/c27-23-17-18(26-15-7-2-8-16-26)13-14-22(23)24(28)20-11-5-6-12-21(20)25(29)30-19-9-3-1-4-10-19/h5-6,11-14,18-19,27H,1-4,7-10,15-17H2. The molecule has 2 fully saturated rings. The fourth-order valence-electron chi connectivity index (χ4n) is 4.79. The Hall–Kier alpha value is -2.40. The van der Waals surface area contributed by atoms with E-state index in [4.69, 9.17) is 4.74 Å². The molecule has 1 N–H and O–H groups in total. The third-order valence-corrected chi connectivity index (χ3v) is 6.52. The number of esters is 1. The van der Waals surface area contributed by atoms with Crippen molar-refractivity contribution >= 4 is 11.8 Å². The van der Waals surface area contributed by atoms with Gasteiger partial charge < -0.3 is 9.84 Å². The molecule has 0 amide bonds. The zero-order chi connectivity index (χ0) is 20.9. The van der Waals surface area contributed by atoms with Crippen molar-refractivity contribution in [3.05, 3.63) is 58.9 Å². The van der Waals surface area contributed by atoms with Gasteiger partial charge in [-0.3, -0.25) is 9.69 Å². The van der Waals surface area contributed by atoms with E-state index >= 15 is 0 Å². The number of carbonyl (C=O) groups is 2. The van der Waals surface area contributed by atoms with Crippen molar-refractivity contribution in [2.75, 3.05) is 13.1 Å². The number of benzene rings is 1. The maximum atomic E-state index is 13.2. The SMILES string of the molecule is O=C(OC1CCCCC1)c1ccccc1C(=O)C1=C(O)CC(N2CCCCC2)C=C1. The van der Waals surface area contributed by atoms with Crippen LogP contribution in [0.25, 0.3) is 0 Å². The smallest absolute Gasteiger partial charge is 0.339 e. The first-order chi connectivity index (χ1) is 14.6. The molecule has 1 aromatic rings. The summed E-state index contributed by atoms with van der Waals surface area (Å²) in [7, 11) is 0. The van der Waals surface area contributed by atoms with Crippen LogP contribution in [0, 0.1) is 0 Å². The first-order valence-corrected chi connectivity index (χ1v) is 11.3. The van der Waals surface area contributed by atoms with Crippen molar-refractivity contribution in [3.8, 4) is 0 Å². The first-order valence-electron chi connectivity index (χ1n) is 11.3. The van der Waals surface area contributed by atoms with E-state index in [-0.39, 0.29) is 34.8 Å². The van der Waals surface area contributed by atoms with Crippen molar-refractivity contribution in [2.45, 2.75) is 69.9 Å². The fraction of sp³-hybridized carbons (Fsp3) is 0.520. The summed E-state index contributed by atoms with van der Waals surface area (Å²) in [6, 6.07) is 6.90. The molecule has 1 saturated carbocycles. The molecular formula is C25H31NO4. The number of carbonyl (C=O) groups excluding carboxylic acids is 2. The van der Waals surface area contributed by atoms with E-state index in [9.17, 15) is 14.7 Å². The van der Waals surface area contributed by atoms with Gasteiger partial charge in [0.05, 0.1) is 11.1 Å². The zero-order valence-corrected chi connectivity index (χ0v) is 17.5. The fourth-order valence-corrected chi connectivity index (χ4v) is 4.79. The molecule has 30 heavy (non-hydrogen) atoms. The lowest BCUT2D eigenvalue weighted by molar-refractivity contribution is 0.0209. The zero-order valence-electron chi connectivity index (χ0n) is 17.5. The Bertz CT molecular complexity index is 844. The molecule has 1 aromatic carbocycles. The normalized spacial score (nSPS) is 23.4. The van der Waals surface area contributed by atoms with Gasteiger partial charge in [0.15, 0.2) is 5.78 Å². The quantitative estimate of drug-likeness (QED) is 0.548. The number of Topliss-reactive ketones (excluding diaryl/α,β-unsaturated/α-hetero) is 1. The number of rotatable bonds is 5. The number of ether oxygens (including phenoxy) is 1. The van der Waals surface area contributed by atoms with Gasteiger partial charge >= 0.3 is 5.97 Å². The predicted molar refractivity (Wildman–Crippen MR) is 116 cm³/mol. The first kappa shape index (κ1) is 20.9. The Balaban J connectivity index is 1.49. The molecule has 160 valence electrons. The number of aliphatic hydroxyl groups excluding tert-OH is 1. The monoisotopic (exact) mass is 409 g/mol. The van der Waals surface area contributed by atoms with Gasteiger partial charge in [-0.05, 0) is 57.7 Å². The average molecular weight is 410 g/mol. The predicted octanol–water partition coefficient (Wildman–Crippen LogP) is 4.99. The molecule has 1 unspecified atom stereocenters. The summed E-state index contributed by atoms with van der Waals surface area (Å²) < 4.78 is 5.68. The minimum Gasteiger partial charge on any atom is -0.511 e. The summed E-state index contributed by atoms with van der Waals surface area (Å²) in [6.07, 6.45) is 12.8. The van der Waals surface area contributed by atoms with Crippen LogP contribution < -0.4 is 0 Å². The van der Waals surface area contributed by atoms with E-state index < -0.39 is 5.97 Å². The molecular weight excluding hydrogens is 378 g/mol. The highest BCUT2D eigenvalue weighted by Crippen LogP contribution is 2.28. The van der Waals surface area contributed by atoms with Crippen LogP contribution in [0.4, 0.5) is 0 Å². The van der Waals surface area contributed by atoms with Gasteiger partial charge in [0, 0.05) is 18.0 Å². The summed E-state index contributed by atoms with van der Waals surface area (Å²) in [5.74, 6) is -0.664. The number of aliphatic hydroxyl groups is 1. The highest BCUT2D eigenvalue weighted by molar-refractivity contribution is 6.16. The average Bonchev–Trinajstić information content (AvgIpc) is 2.80. The van der Waals surface area contributed by atoms with Crippen molar-refractivity contribution < 1.29 is 19.4 Å². The van der Waals surface area contributed by atoms with Crippen molar-refractivity contribution in [2.24, 2.45) is 0 Å². The molecule has 5 nitrogen and oxygen atoms in total. The molecule has 0 aromatic heterocycles. The highest BCUT2D eigenvalue weighted by Gasteiger charge is 2.28. The Kier molecular flexibility index (Phi) is 6.68. The van der Waals surface area contributed by atoms with Crippen molar-refractivity contribution in [3.63, 3.8) is 0 Å². The minimum atomic E-state index is -0.447. The molecule has 0 radical (unpaired) electrons. The lowest BCUT2D eigenvalue weighted by atomic mass is 9.91. The molecule has 5 heteroatoms. The number of piperidine rings is 1. The Morgan fingerprint density at radius 3 is 2.30 bits per heavy atom. The molecule has 2 aliphatic carbocycles. The van der Waals surface area contributed by atoms with Crippen LogP contribution in [0.15, 0.2) is 47.7 Å². The third kappa shape index (κ3) is 4.67. The second kappa shape index (κ2) is 9.61. The number of allylic oxidation sites excluding steroid dienone is 2. The largest absolute Gasteiger partial charge is 0.511 e. The third-order valence-electron chi connectivity index (χ3n) is 6.52. The molecule has 1 heterocycles. The second-order valence-electron chi connectivity index (χ2n) is 8.63. The topological polar surface area (TPSA) is 66.8 Å². The number of nitrogens with zero attached hydrogens (tertiary/aromatic N) is 1. The Labute approximate surface area is 178 Å². The van der Waals surface area contributed by atoms with Crippen LogP contribution in [0.3, 0.4) is 0 Å². The van der Waals surface area contributed by atoms with Crippen molar-refractivity contribution in [1.82, 2.24) is 4.90 Å². The molecule has 3 aliphatic rings. The van der Waals surface area contributed by atoms with Gasteiger partial charge in [-0.2, -0.15) is 0 Å². The number of ketones is 1. The summed E-state index contributed by atoms with van der Waals surface area (Å²) in [6.45, 7) is 2.06. The van der Waals surface area contributed by atoms with Crippen LogP contribution in [0.5, 0.6) is 0 Å². The molecule has 0 bridgehead atoms. The van der Waals surface area contributed by atoms with Crippen LogP contribution in [0.2, 0.25) is 0 Å². The van der Waals surface area contributed by atoms with E-state index in [0.717, 1.165) is 38.8 Å². The summed E-state index contributed by atoms with van der Waals surface area (Å²) >= 11 is 0. The molecule has 1 atom stereocenters. The summed E-state index contributed by atoms with van der Waals surface area (Å²) in [4.78, 5) is 28.4. The van der Waals surface area contributed by atoms with Crippen molar-refractivity contribution in [1.29, 1.82) is 0 Å². The Morgan fingerprint density at radius 1 is 0.933 bits per heavy atom. The van der Waals surface area contributed by atoms with E-state index in [0.29, 0.717) is 12.0 Å². The van der Waals surface area contributed by atoms with Gasteiger partial charge in [0.25, 0.3) is 0 Å². The molecule has 1 saturated heterocycles. The van der Waals surface area contributed by atoms with Gasteiger partial charge in [0.1, 0.15) is 11.9 Å². The molecule has 4 rings (SSSR count). The van der Waals surface area contributed by atoms with Crippen LogP contribution in [-0.4, -0.2) is 47.0 Å². The number of hydrogen-bond donors (Lipinski definition) is 1. The van der Waals surface area contributed by atoms with Crippen LogP contribution in [0.1, 0.15) is 78.5 Å². The maximum absolute atomic E-state index is 13.2. The second-order valence-corrected chi connectivity index (χ2v) is 8.63. The number of likely N-dealkylation sites (tertiary alicyclic amines) is 1. The molecule has 1 aliphatic heterocycles. The van der Waals surface area contributed by atoms with E-state index in [2.05, 4.69) is 4.90 Å². The lowest BCUT2D eigenvalue weighted by Gasteiger charge is -2.34. The van der Waals surface area contributed by atoms with E-state index in [1.165, 1.54) is 25.7 Å². The maximum Gasteiger partial charge on any atom is 0.339 e. The van der Waals surface area contributed by atoms with Gasteiger partial charge in [-0.1, -0.05) is 43.2 Å². The van der Waals surface area contributed by atoms with Gasteiger partial charge in [-0.25, -0.2) is 4.79 Å².